The molecule has 1 N–H and O–H groups in total. The number of rotatable bonds is 2. The summed E-state index contributed by atoms with van der Waals surface area (Å²) in [5.74, 6) is 0.812. The molecule has 1 atom stereocenters. The molecule has 14 heavy (non-hydrogen) atoms. The van der Waals surface area contributed by atoms with E-state index in [-0.39, 0.29) is 0 Å². The van der Waals surface area contributed by atoms with Crippen LogP contribution in [0.25, 0.3) is 0 Å². The van der Waals surface area contributed by atoms with Crippen LogP contribution in [0.15, 0.2) is 0 Å². The lowest BCUT2D eigenvalue weighted by Gasteiger charge is -2.23. The van der Waals surface area contributed by atoms with Crippen molar-refractivity contribution in [3.63, 3.8) is 0 Å². The van der Waals surface area contributed by atoms with Crippen molar-refractivity contribution in [1.82, 2.24) is 9.69 Å². The summed E-state index contributed by atoms with van der Waals surface area (Å²) in [4.78, 5) is 1.28. The smallest absolute Gasteiger partial charge is 0.230 e. The molecule has 4 heteroatoms. The molecule has 0 saturated carbocycles. The van der Waals surface area contributed by atoms with E-state index < -0.39 is 0 Å². The Morgan fingerprint density at radius 3 is 3.00 bits per heavy atom. The molecule has 2 heterocycles. The largest absolute Gasteiger partial charge is 0.480 e. The average Bonchev–Trinajstić information content (AvgIpc) is 2.61. The monoisotopic (exact) mass is 212 g/mol. The van der Waals surface area contributed by atoms with E-state index in [1.807, 2.05) is 0 Å². The summed E-state index contributed by atoms with van der Waals surface area (Å²) in [5.41, 5.74) is 1.28. The van der Waals surface area contributed by atoms with Gasteiger partial charge < -0.3 is 10.1 Å². The van der Waals surface area contributed by atoms with Gasteiger partial charge in [-0.15, -0.1) is 0 Å². The number of aromatic nitrogens is 1. The van der Waals surface area contributed by atoms with E-state index in [1.165, 1.54) is 41.2 Å². The summed E-state index contributed by atoms with van der Waals surface area (Å²) >= 11 is 1.53. The molecule has 3 nitrogen and oxygen atoms in total. The van der Waals surface area contributed by atoms with Crippen molar-refractivity contribution in [3.05, 3.63) is 10.4 Å². The molecule has 1 fully saturated rings. The van der Waals surface area contributed by atoms with E-state index in [0.29, 0.717) is 6.04 Å². The lowest BCUT2D eigenvalue weighted by atomic mass is 9.98. The predicted molar refractivity (Wildman–Crippen MR) is 58.0 cm³/mol. The molecule has 1 unspecified atom stereocenters. The van der Waals surface area contributed by atoms with Crippen LogP contribution < -0.4 is 10.1 Å². The summed E-state index contributed by atoms with van der Waals surface area (Å²) in [7, 11) is 1.70. The van der Waals surface area contributed by atoms with Crippen molar-refractivity contribution >= 4 is 11.5 Å². The highest BCUT2D eigenvalue weighted by atomic mass is 32.1. The van der Waals surface area contributed by atoms with E-state index in [1.54, 1.807) is 7.11 Å². The molecule has 0 bridgehead atoms. The Morgan fingerprint density at radius 1 is 1.50 bits per heavy atom. The molecule has 0 aliphatic carbocycles. The van der Waals surface area contributed by atoms with Gasteiger partial charge in [-0.2, -0.15) is 4.37 Å². The first kappa shape index (κ1) is 9.93. The minimum Gasteiger partial charge on any atom is -0.480 e. The highest BCUT2D eigenvalue weighted by Gasteiger charge is 2.22. The third kappa shape index (κ3) is 1.77. The second kappa shape index (κ2) is 4.28. The number of nitrogens with one attached hydrogen (secondary N) is 1. The maximum absolute atomic E-state index is 5.28. The van der Waals surface area contributed by atoms with Gasteiger partial charge in [0.15, 0.2) is 0 Å². The van der Waals surface area contributed by atoms with Crippen LogP contribution in [0, 0.1) is 6.92 Å². The molecule has 0 aromatic carbocycles. The number of hydrogen-bond acceptors (Lipinski definition) is 4. The van der Waals surface area contributed by atoms with E-state index >= 15 is 0 Å². The van der Waals surface area contributed by atoms with Crippen molar-refractivity contribution in [3.8, 4) is 5.88 Å². The zero-order valence-corrected chi connectivity index (χ0v) is 9.49. The van der Waals surface area contributed by atoms with Crippen LogP contribution in [0.1, 0.15) is 35.7 Å². The summed E-state index contributed by atoms with van der Waals surface area (Å²) in [5, 5.41) is 3.52. The van der Waals surface area contributed by atoms with Crippen LogP contribution in [0.2, 0.25) is 0 Å². The summed E-state index contributed by atoms with van der Waals surface area (Å²) < 4.78 is 9.57. The number of hydrogen-bond donors (Lipinski definition) is 1. The molecule has 1 aromatic heterocycles. The maximum Gasteiger partial charge on any atom is 0.230 e. The molecular weight excluding hydrogens is 196 g/mol. The normalized spacial score (nSPS) is 22.3. The zero-order valence-electron chi connectivity index (χ0n) is 8.67. The van der Waals surface area contributed by atoms with Gasteiger partial charge in [0.05, 0.1) is 7.11 Å². The molecule has 78 valence electrons. The Labute approximate surface area is 88.6 Å². The predicted octanol–water partition coefficient (Wildman–Crippen LogP) is 2.27. The second-order valence-corrected chi connectivity index (χ2v) is 4.64. The number of aryl methyl sites for hydroxylation is 1. The SMILES string of the molecule is COc1nsc(C)c1C1CCCCN1. The highest BCUT2D eigenvalue weighted by Crippen LogP contribution is 2.34. The first-order valence-electron chi connectivity index (χ1n) is 5.06. The molecule has 1 aromatic rings. The van der Waals surface area contributed by atoms with Crippen molar-refractivity contribution in [1.29, 1.82) is 0 Å². The number of ether oxygens (including phenoxy) is 1. The summed E-state index contributed by atoms with van der Waals surface area (Å²) in [6.07, 6.45) is 3.79. The quantitative estimate of drug-likeness (QED) is 0.816. The van der Waals surface area contributed by atoms with Crippen LogP contribution >= 0.6 is 11.5 Å². The lowest BCUT2D eigenvalue weighted by Crippen LogP contribution is -2.27. The third-order valence-electron chi connectivity index (χ3n) is 2.73. The van der Waals surface area contributed by atoms with E-state index in [4.69, 9.17) is 4.74 Å². The number of piperidine rings is 1. The first-order valence-corrected chi connectivity index (χ1v) is 5.84. The molecule has 2 rings (SSSR count). The fraction of sp³-hybridized carbons (Fsp3) is 0.700. The summed E-state index contributed by atoms with van der Waals surface area (Å²) in [6, 6.07) is 0.456. The van der Waals surface area contributed by atoms with E-state index in [0.717, 1.165) is 12.4 Å². The average molecular weight is 212 g/mol. The van der Waals surface area contributed by atoms with Gasteiger partial charge in [0.2, 0.25) is 5.88 Å². The van der Waals surface area contributed by atoms with Crippen LogP contribution in [-0.4, -0.2) is 18.0 Å². The maximum atomic E-state index is 5.28. The Bertz CT molecular complexity index is 305. The standard InChI is InChI=1S/C10H16N2OS/c1-7-9(10(13-2)12-14-7)8-5-3-4-6-11-8/h8,11H,3-6H2,1-2H3. The van der Waals surface area contributed by atoms with Gasteiger partial charge in [0, 0.05) is 16.5 Å². The molecule has 1 saturated heterocycles. The molecule has 0 spiro atoms. The fourth-order valence-electron chi connectivity index (χ4n) is 2.00. The van der Waals surface area contributed by atoms with Crippen molar-refractivity contribution < 1.29 is 4.74 Å². The molecular formula is C10H16N2OS. The van der Waals surface area contributed by atoms with Gasteiger partial charge in [-0.1, -0.05) is 6.42 Å². The topological polar surface area (TPSA) is 34.1 Å². The Morgan fingerprint density at radius 2 is 2.36 bits per heavy atom. The van der Waals surface area contributed by atoms with Gasteiger partial charge in [-0.25, -0.2) is 0 Å². The number of nitrogens with zero attached hydrogens (tertiary/aromatic N) is 1. The van der Waals surface area contributed by atoms with Crippen LogP contribution in [0.5, 0.6) is 5.88 Å². The molecule has 1 aliphatic heterocycles. The Hall–Kier alpha value is -0.610. The van der Waals surface area contributed by atoms with Crippen LogP contribution in [-0.2, 0) is 0 Å². The minimum atomic E-state index is 0.456. The zero-order chi connectivity index (χ0) is 9.97. The van der Waals surface area contributed by atoms with Crippen LogP contribution in [0.3, 0.4) is 0 Å². The van der Waals surface area contributed by atoms with Crippen molar-refractivity contribution in [2.24, 2.45) is 0 Å². The van der Waals surface area contributed by atoms with E-state index in [9.17, 15) is 0 Å². The van der Waals surface area contributed by atoms with Gasteiger partial charge in [0.25, 0.3) is 0 Å². The van der Waals surface area contributed by atoms with Gasteiger partial charge >= 0.3 is 0 Å². The molecule has 1 aliphatic rings. The third-order valence-corrected chi connectivity index (χ3v) is 3.48. The van der Waals surface area contributed by atoms with Gasteiger partial charge in [0.1, 0.15) is 0 Å². The van der Waals surface area contributed by atoms with Crippen molar-refractivity contribution in [2.75, 3.05) is 13.7 Å². The van der Waals surface area contributed by atoms with E-state index in [2.05, 4.69) is 16.6 Å². The number of methoxy groups -OCH3 is 1. The second-order valence-electron chi connectivity index (χ2n) is 3.66. The van der Waals surface area contributed by atoms with Gasteiger partial charge in [-0.3, -0.25) is 0 Å². The highest BCUT2D eigenvalue weighted by molar-refractivity contribution is 7.06. The minimum absolute atomic E-state index is 0.456. The summed E-state index contributed by atoms with van der Waals surface area (Å²) in [6.45, 7) is 3.23. The molecule has 0 radical (unpaired) electrons. The first-order chi connectivity index (χ1) is 6.83. The fourth-order valence-corrected chi connectivity index (χ4v) is 2.72. The van der Waals surface area contributed by atoms with Crippen molar-refractivity contribution in [2.45, 2.75) is 32.2 Å². The van der Waals surface area contributed by atoms with Crippen LogP contribution in [0.4, 0.5) is 0 Å². The van der Waals surface area contributed by atoms with Gasteiger partial charge in [-0.05, 0) is 37.8 Å². The Balaban J connectivity index is 2.23. The Kier molecular flexibility index (Phi) is 3.03. The molecule has 0 amide bonds. The lowest BCUT2D eigenvalue weighted by molar-refractivity contribution is 0.366.